The van der Waals surface area contributed by atoms with E-state index in [9.17, 15) is 15.0 Å². The van der Waals surface area contributed by atoms with E-state index in [1.807, 2.05) is 6.07 Å². The van der Waals surface area contributed by atoms with Gasteiger partial charge in [0.1, 0.15) is 24.1 Å². The molecule has 0 spiro atoms. The van der Waals surface area contributed by atoms with Gasteiger partial charge in [-0.05, 0) is 6.07 Å². The molecule has 4 atom stereocenters. The van der Waals surface area contributed by atoms with Crippen LogP contribution in [0.15, 0.2) is 17.1 Å². The Morgan fingerprint density at radius 2 is 2.38 bits per heavy atom. The molecule has 1 fully saturated rings. The van der Waals surface area contributed by atoms with Crippen molar-refractivity contribution in [3.05, 3.63) is 22.7 Å². The highest BCUT2D eigenvalue weighted by Gasteiger charge is 2.45. The van der Waals surface area contributed by atoms with Crippen molar-refractivity contribution in [3.8, 4) is 6.07 Å². The predicted molar refractivity (Wildman–Crippen MR) is 69.9 cm³/mol. The quantitative estimate of drug-likeness (QED) is 0.550. The highest BCUT2D eigenvalue weighted by Crippen LogP contribution is 2.30. The second kappa shape index (κ2) is 6.64. The molecular weight excluding hydrogens is 280 g/mol. The molecular formula is C12H16N4O5. The number of aliphatic hydroxyl groups excluding tert-OH is 2. The van der Waals surface area contributed by atoms with Crippen LogP contribution in [0, 0.1) is 11.3 Å². The molecule has 21 heavy (non-hydrogen) atoms. The molecule has 0 saturated carbocycles. The molecule has 114 valence electrons. The number of nitrogens with two attached hydrogens (primary N) is 1. The lowest BCUT2D eigenvalue weighted by atomic mass is 10.1. The predicted octanol–water partition coefficient (Wildman–Crippen LogP) is -1.63. The molecule has 0 amide bonds. The molecule has 0 aliphatic carbocycles. The molecule has 9 nitrogen and oxygen atoms in total. The lowest BCUT2D eigenvalue weighted by molar-refractivity contribution is -0.0732. The zero-order valence-corrected chi connectivity index (χ0v) is 11.1. The Kier molecular flexibility index (Phi) is 4.87. The van der Waals surface area contributed by atoms with Gasteiger partial charge in [-0.25, -0.2) is 4.79 Å². The van der Waals surface area contributed by atoms with Gasteiger partial charge >= 0.3 is 5.69 Å². The lowest BCUT2D eigenvalue weighted by Gasteiger charge is -2.21. The van der Waals surface area contributed by atoms with Crippen LogP contribution in [-0.2, 0) is 9.47 Å². The Morgan fingerprint density at radius 1 is 1.62 bits per heavy atom. The minimum atomic E-state index is -1.12. The van der Waals surface area contributed by atoms with Crippen molar-refractivity contribution in [1.82, 2.24) is 9.55 Å². The van der Waals surface area contributed by atoms with Gasteiger partial charge in [-0.2, -0.15) is 10.2 Å². The van der Waals surface area contributed by atoms with Gasteiger partial charge in [-0.1, -0.05) is 0 Å². The summed E-state index contributed by atoms with van der Waals surface area (Å²) in [6.07, 6.45) is -2.33. The largest absolute Gasteiger partial charge is 0.394 e. The Balaban J connectivity index is 2.25. The molecule has 4 N–H and O–H groups in total. The number of ether oxygens (including phenoxy) is 2. The number of aromatic nitrogens is 2. The molecule has 1 aliphatic heterocycles. The van der Waals surface area contributed by atoms with Gasteiger partial charge in [0.2, 0.25) is 0 Å². The first-order chi connectivity index (χ1) is 10.1. The minimum absolute atomic E-state index is 0.0652. The summed E-state index contributed by atoms with van der Waals surface area (Å²) in [5.74, 6) is 0.0652. The molecule has 1 saturated heterocycles. The van der Waals surface area contributed by atoms with Crippen LogP contribution in [0.3, 0.4) is 0 Å². The normalized spacial score (nSPS) is 28.4. The highest BCUT2D eigenvalue weighted by molar-refractivity contribution is 5.23. The van der Waals surface area contributed by atoms with Crippen LogP contribution < -0.4 is 11.4 Å². The van der Waals surface area contributed by atoms with Crippen molar-refractivity contribution in [2.24, 2.45) is 0 Å². The van der Waals surface area contributed by atoms with E-state index in [2.05, 4.69) is 4.98 Å². The summed E-state index contributed by atoms with van der Waals surface area (Å²) < 4.78 is 12.0. The first-order valence-corrected chi connectivity index (χ1v) is 6.36. The van der Waals surface area contributed by atoms with Gasteiger partial charge in [-0.15, -0.1) is 0 Å². The van der Waals surface area contributed by atoms with Gasteiger partial charge in [0, 0.05) is 6.20 Å². The maximum Gasteiger partial charge on any atom is 0.351 e. The van der Waals surface area contributed by atoms with Gasteiger partial charge in [0.05, 0.1) is 25.7 Å². The lowest BCUT2D eigenvalue weighted by Crippen LogP contribution is -2.38. The van der Waals surface area contributed by atoms with E-state index in [4.69, 9.17) is 20.5 Å². The summed E-state index contributed by atoms with van der Waals surface area (Å²) in [6, 6.07) is 3.32. The number of nitriles is 1. The molecule has 9 heteroatoms. The summed E-state index contributed by atoms with van der Waals surface area (Å²) in [4.78, 5) is 15.4. The third kappa shape index (κ3) is 3.20. The topological polar surface area (TPSA) is 144 Å². The van der Waals surface area contributed by atoms with Crippen LogP contribution >= 0.6 is 0 Å². The Hall–Kier alpha value is -1.99. The zero-order valence-electron chi connectivity index (χ0n) is 11.1. The number of rotatable bonds is 5. The summed E-state index contributed by atoms with van der Waals surface area (Å²) in [5.41, 5.74) is 4.76. The standard InChI is InChI=1S/C12H16N4O5/c13-3-1-5-20-10-9(18)7(6-17)21-11(10)16-4-2-8(14)15-12(16)19/h2,4,7,9-11,17-18H,1,5-6H2,(H2,14,15,19)/t7-,9-,10-,11-/m1/s1. The van der Waals surface area contributed by atoms with E-state index in [-0.39, 0.29) is 18.8 Å². The maximum atomic E-state index is 11.8. The molecule has 2 heterocycles. The van der Waals surface area contributed by atoms with E-state index in [0.29, 0.717) is 0 Å². The second-order valence-electron chi connectivity index (χ2n) is 4.52. The first kappa shape index (κ1) is 15.4. The highest BCUT2D eigenvalue weighted by atomic mass is 16.6. The SMILES string of the molecule is N#CCCO[C@@H]1[C@H](O)[C@@H](CO)O[C@H]1n1ccc(N)nc1=O. The van der Waals surface area contributed by atoms with E-state index in [1.165, 1.54) is 12.3 Å². The average molecular weight is 296 g/mol. The Bertz CT molecular complexity index is 584. The fourth-order valence-corrected chi connectivity index (χ4v) is 2.13. The van der Waals surface area contributed by atoms with Crippen LogP contribution in [0.4, 0.5) is 5.82 Å². The Labute approximate surface area is 120 Å². The summed E-state index contributed by atoms with van der Waals surface area (Å²) in [6.45, 7) is -0.347. The summed E-state index contributed by atoms with van der Waals surface area (Å²) in [7, 11) is 0. The first-order valence-electron chi connectivity index (χ1n) is 6.36. The van der Waals surface area contributed by atoms with E-state index >= 15 is 0 Å². The number of aliphatic hydroxyl groups is 2. The van der Waals surface area contributed by atoms with Crippen molar-refractivity contribution >= 4 is 5.82 Å². The van der Waals surface area contributed by atoms with Crippen LogP contribution in [0.1, 0.15) is 12.6 Å². The number of nitrogens with zero attached hydrogens (tertiary/aromatic N) is 3. The van der Waals surface area contributed by atoms with Gasteiger partial charge in [0.25, 0.3) is 0 Å². The fourth-order valence-electron chi connectivity index (χ4n) is 2.13. The van der Waals surface area contributed by atoms with Crippen molar-refractivity contribution in [2.45, 2.75) is 31.0 Å². The fraction of sp³-hybridized carbons (Fsp3) is 0.583. The van der Waals surface area contributed by atoms with Crippen LogP contribution in [-0.4, -0.2) is 51.3 Å². The zero-order chi connectivity index (χ0) is 15.4. The molecule has 0 aromatic carbocycles. The van der Waals surface area contributed by atoms with Crippen molar-refractivity contribution in [3.63, 3.8) is 0 Å². The van der Waals surface area contributed by atoms with E-state index < -0.39 is 36.8 Å². The smallest absolute Gasteiger partial charge is 0.351 e. The Morgan fingerprint density at radius 3 is 3.00 bits per heavy atom. The van der Waals surface area contributed by atoms with Gasteiger partial charge in [-0.3, -0.25) is 4.57 Å². The molecule has 1 aliphatic rings. The molecule has 1 aromatic heterocycles. The van der Waals surface area contributed by atoms with Gasteiger partial charge < -0.3 is 25.4 Å². The van der Waals surface area contributed by atoms with Gasteiger partial charge in [0.15, 0.2) is 6.23 Å². The van der Waals surface area contributed by atoms with Crippen molar-refractivity contribution < 1.29 is 19.7 Å². The molecule has 2 rings (SSSR count). The van der Waals surface area contributed by atoms with E-state index in [1.54, 1.807) is 0 Å². The van der Waals surface area contributed by atoms with Crippen molar-refractivity contribution in [2.75, 3.05) is 18.9 Å². The molecule has 0 bridgehead atoms. The number of hydrogen-bond acceptors (Lipinski definition) is 8. The molecule has 1 aromatic rings. The number of hydrogen-bond donors (Lipinski definition) is 3. The average Bonchev–Trinajstić information content (AvgIpc) is 2.76. The second-order valence-corrected chi connectivity index (χ2v) is 4.52. The maximum absolute atomic E-state index is 11.8. The third-order valence-corrected chi connectivity index (χ3v) is 3.14. The molecule has 0 unspecified atom stereocenters. The number of nitrogen functional groups attached to an aromatic ring is 1. The van der Waals surface area contributed by atoms with E-state index in [0.717, 1.165) is 4.57 Å². The third-order valence-electron chi connectivity index (χ3n) is 3.14. The monoisotopic (exact) mass is 296 g/mol. The molecule has 0 radical (unpaired) electrons. The summed E-state index contributed by atoms with van der Waals surface area (Å²) in [5, 5.41) is 27.8. The summed E-state index contributed by atoms with van der Waals surface area (Å²) >= 11 is 0. The van der Waals surface area contributed by atoms with Crippen LogP contribution in [0.2, 0.25) is 0 Å². The minimum Gasteiger partial charge on any atom is -0.394 e. The number of anilines is 1. The van der Waals surface area contributed by atoms with Crippen LogP contribution in [0.5, 0.6) is 0 Å². The van der Waals surface area contributed by atoms with Crippen LogP contribution in [0.25, 0.3) is 0 Å². The van der Waals surface area contributed by atoms with Crippen molar-refractivity contribution in [1.29, 1.82) is 5.26 Å².